The summed E-state index contributed by atoms with van der Waals surface area (Å²) < 4.78 is 5.13. The van der Waals surface area contributed by atoms with E-state index < -0.39 is 0 Å². The molecule has 6 nitrogen and oxygen atoms in total. The second-order valence-corrected chi connectivity index (χ2v) is 3.83. The summed E-state index contributed by atoms with van der Waals surface area (Å²) in [4.78, 5) is 22.4. The highest BCUT2D eigenvalue weighted by Gasteiger charge is 2.08. The van der Waals surface area contributed by atoms with Gasteiger partial charge in [-0.25, -0.2) is 0 Å². The zero-order valence-electron chi connectivity index (χ0n) is 11.3. The van der Waals surface area contributed by atoms with Crippen LogP contribution in [0.1, 0.15) is 12.5 Å². The van der Waals surface area contributed by atoms with E-state index in [-0.39, 0.29) is 25.0 Å². The zero-order chi connectivity index (χ0) is 15.0. The third kappa shape index (κ3) is 5.00. The van der Waals surface area contributed by atoms with Gasteiger partial charge >= 0.3 is 0 Å². The van der Waals surface area contributed by atoms with Gasteiger partial charge in [0.2, 0.25) is 11.8 Å². The Hall–Kier alpha value is -2.52. The Morgan fingerprint density at radius 2 is 2.15 bits per heavy atom. The molecule has 0 heterocycles. The molecule has 0 spiro atoms. The number of aliphatic hydroxyl groups excluding tert-OH is 1. The number of hydrogen-bond donors (Lipinski definition) is 3. The van der Waals surface area contributed by atoms with Crippen molar-refractivity contribution in [1.82, 2.24) is 5.32 Å². The van der Waals surface area contributed by atoms with Crippen LogP contribution >= 0.6 is 0 Å². The molecule has 1 rings (SSSR count). The highest BCUT2D eigenvalue weighted by atomic mass is 16.5. The average Bonchev–Trinajstić information content (AvgIpc) is 2.43. The van der Waals surface area contributed by atoms with Gasteiger partial charge in [-0.1, -0.05) is 11.8 Å². The number of carbonyl (C=O) groups excluding carboxylic acids is 2. The van der Waals surface area contributed by atoms with Crippen LogP contribution < -0.4 is 15.4 Å². The van der Waals surface area contributed by atoms with Gasteiger partial charge in [0, 0.05) is 12.5 Å². The number of hydrogen-bond acceptors (Lipinski definition) is 4. The minimum Gasteiger partial charge on any atom is -0.495 e. The molecule has 3 N–H and O–H groups in total. The molecule has 0 atom stereocenters. The maximum Gasteiger partial charge on any atom is 0.243 e. The van der Waals surface area contributed by atoms with Crippen molar-refractivity contribution >= 4 is 17.5 Å². The standard InChI is InChI=1S/C14H16N2O4/c1-10(18)15-9-14(19)16-12-8-11(4-3-7-17)5-6-13(12)20-2/h5-6,8,17H,7,9H2,1-2H3,(H,15,18)(H,16,19). The Balaban J connectivity index is 2.85. The van der Waals surface area contributed by atoms with Gasteiger partial charge in [-0.15, -0.1) is 0 Å². The molecule has 0 aromatic heterocycles. The second kappa shape index (κ2) is 7.81. The molecular formula is C14H16N2O4. The summed E-state index contributed by atoms with van der Waals surface area (Å²) in [5.41, 5.74) is 1.09. The lowest BCUT2D eigenvalue weighted by Gasteiger charge is -2.10. The molecule has 0 saturated carbocycles. The first-order valence-corrected chi connectivity index (χ1v) is 5.89. The van der Waals surface area contributed by atoms with E-state index in [0.717, 1.165) is 0 Å². The average molecular weight is 276 g/mol. The Bertz CT molecular complexity index is 558. The quantitative estimate of drug-likeness (QED) is 0.681. The number of nitrogens with one attached hydrogen (secondary N) is 2. The first-order valence-electron chi connectivity index (χ1n) is 5.89. The van der Waals surface area contributed by atoms with Gasteiger partial charge in [0.25, 0.3) is 0 Å². The first-order chi connectivity index (χ1) is 9.56. The fourth-order valence-electron chi connectivity index (χ4n) is 1.42. The zero-order valence-corrected chi connectivity index (χ0v) is 11.3. The van der Waals surface area contributed by atoms with Crippen molar-refractivity contribution in [1.29, 1.82) is 0 Å². The van der Waals surface area contributed by atoms with Crippen LogP contribution in [0.2, 0.25) is 0 Å². The molecule has 2 amide bonds. The summed E-state index contributed by atoms with van der Waals surface area (Å²) in [6.07, 6.45) is 0. The number of anilines is 1. The number of rotatable bonds is 4. The molecule has 0 bridgehead atoms. The van der Waals surface area contributed by atoms with Crippen molar-refractivity contribution in [3.8, 4) is 17.6 Å². The van der Waals surface area contributed by atoms with Gasteiger partial charge in [-0.3, -0.25) is 9.59 Å². The van der Waals surface area contributed by atoms with Crippen LogP contribution in [0.15, 0.2) is 18.2 Å². The van der Waals surface area contributed by atoms with Crippen molar-refractivity contribution in [2.45, 2.75) is 6.92 Å². The third-order valence-corrected chi connectivity index (χ3v) is 2.28. The molecule has 0 aliphatic heterocycles. The molecule has 0 aliphatic rings. The van der Waals surface area contributed by atoms with Gasteiger partial charge in [0.05, 0.1) is 19.3 Å². The van der Waals surface area contributed by atoms with Gasteiger partial charge in [-0.2, -0.15) is 0 Å². The molecule has 0 radical (unpaired) electrons. The fourth-order valence-corrected chi connectivity index (χ4v) is 1.42. The highest BCUT2D eigenvalue weighted by molar-refractivity contribution is 5.95. The molecule has 0 aliphatic carbocycles. The molecule has 6 heteroatoms. The summed E-state index contributed by atoms with van der Waals surface area (Å²) in [6.45, 7) is 0.972. The van der Waals surface area contributed by atoms with E-state index in [9.17, 15) is 9.59 Å². The van der Waals surface area contributed by atoms with Crippen LogP contribution in [0.4, 0.5) is 5.69 Å². The number of benzene rings is 1. The van der Waals surface area contributed by atoms with Crippen LogP contribution in [0.5, 0.6) is 5.75 Å². The lowest BCUT2D eigenvalue weighted by molar-refractivity contribution is -0.122. The molecule has 20 heavy (non-hydrogen) atoms. The first kappa shape index (κ1) is 15.5. The van der Waals surface area contributed by atoms with Crippen LogP contribution in [0, 0.1) is 11.8 Å². The van der Waals surface area contributed by atoms with E-state index >= 15 is 0 Å². The van der Waals surface area contributed by atoms with Crippen molar-refractivity contribution < 1.29 is 19.4 Å². The molecule has 0 fully saturated rings. The number of aliphatic hydroxyl groups is 1. The van der Waals surface area contributed by atoms with Crippen molar-refractivity contribution in [3.05, 3.63) is 23.8 Å². The van der Waals surface area contributed by atoms with Crippen LogP contribution in [0.3, 0.4) is 0 Å². The van der Waals surface area contributed by atoms with Gasteiger partial charge < -0.3 is 20.5 Å². The molecule has 0 unspecified atom stereocenters. The summed E-state index contributed by atoms with van der Waals surface area (Å²) in [5.74, 6) is 5.08. The van der Waals surface area contributed by atoms with Crippen LogP contribution in [-0.2, 0) is 9.59 Å². The van der Waals surface area contributed by atoms with Crippen molar-refractivity contribution in [2.75, 3.05) is 25.6 Å². The second-order valence-electron chi connectivity index (χ2n) is 3.83. The summed E-state index contributed by atoms with van der Waals surface area (Å²) in [7, 11) is 1.48. The molecule has 1 aromatic carbocycles. The fraction of sp³-hybridized carbons (Fsp3) is 0.286. The Morgan fingerprint density at radius 3 is 2.75 bits per heavy atom. The van der Waals surface area contributed by atoms with E-state index in [4.69, 9.17) is 9.84 Å². The Labute approximate surface area is 117 Å². The SMILES string of the molecule is COc1ccc(C#CCO)cc1NC(=O)CNC(C)=O. The van der Waals surface area contributed by atoms with E-state index in [1.165, 1.54) is 14.0 Å². The maximum absolute atomic E-state index is 11.7. The minimum atomic E-state index is -0.370. The highest BCUT2D eigenvalue weighted by Crippen LogP contribution is 2.25. The third-order valence-electron chi connectivity index (χ3n) is 2.28. The number of methoxy groups -OCH3 is 1. The van der Waals surface area contributed by atoms with Gasteiger partial charge in [0.15, 0.2) is 0 Å². The maximum atomic E-state index is 11.7. The molecule has 1 aromatic rings. The normalized spacial score (nSPS) is 9.15. The monoisotopic (exact) mass is 276 g/mol. The molecule has 106 valence electrons. The lowest BCUT2D eigenvalue weighted by Crippen LogP contribution is -2.31. The van der Waals surface area contributed by atoms with Crippen molar-refractivity contribution in [3.63, 3.8) is 0 Å². The van der Waals surface area contributed by atoms with Crippen LogP contribution in [-0.4, -0.2) is 37.2 Å². The predicted octanol–water partition coefficient (Wildman–Crippen LogP) is 0.114. The van der Waals surface area contributed by atoms with E-state index in [0.29, 0.717) is 17.0 Å². The number of carbonyl (C=O) groups is 2. The minimum absolute atomic E-state index is 0.120. The van der Waals surface area contributed by atoms with Crippen molar-refractivity contribution in [2.24, 2.45) is 0 Å². The Morgan fingerprint density at radius 1 is 1.40 bits per heavy atom. The topological polar surface area (TPSA) is 87.7 Å². The molecule has 0 saturated heterocycles. The van der Waals surface area contributed by atoms with E-state index in [1.54, 1.807) is 18.2 Å². The van der Waals surface area contributed by atoms with Gasteiger partial charge in [0.1, 0.15) is 12.4 Å². The largest absolute Gasteiger partial charge is 0.495 e. The number of ether oxygens (including phenoxy) is 1. The van der Waals surface area contributed by atoms with E-state index in [2.05, 4.69) is 22.5 Å². The molecular weight excluding hydrogens is 260 g/mol. The van der Waals surface area contributed by atoms with E-state index in [1.807, 2.05) is 0 Å². The summed E-state index contributed by atoms with van der Waals surface area (Å²) in [5, 5.41) is 13.7. The Kier molecular flexibility index (Phi) is 6.07. The summed E-state index contributed by atoms with van der Waals surface area (Å²) >= 11 is 0. The van der Waals surface area contributed by atoms with Gasteiger partial charge in [-0.05, 0) is 18.2 Å². The summed E-state index contributed by atoms with van der Waals surface area (Å²) in [6, 6.07) is 5.01. The predicted molar refractivity (Wildman–Crippen MR) is 74.3 cm³/mol. The number of amides is 2. The van der Waals surface area contributed by atoms with Crippen LogP contribution in [0.25, 0.3) is 0 Å². The lowest BCUT2D eigenvalue weighted by atomic mass is 10.2. The smallest absolute Gasteiger partial charge is 0.243 e.